The maximum atomic E-state index is 11.6. The van der Waals surface area contributed by atoms with Gasteiger partial charge in [0.15, 0.2) is 0 Å². The van der Waals surface area contributed by atoms with Crippen molar-refractivity contribution in [2.24, 2.45) is 5.73 Å². The molecule has 8 nitrogen and oxygen atoms in total. The highest BCUT2D eigenvalue weighted by Gasteiger charge is 2.24. The number of aliphatic hydroxyl groups excluding tert-OH is 1. The minimum Gasteiger partial charge on any atom is -0.490 e. The lowest BCUT2D eigenvalue weighted by molar-refractivity contribution is -0.725. The lowest BCUT2D eigenvalue weighted by atomic mass is 9.94. The Morgan fingerprint density at radius 2 is 1.94 bits per heavy atom. The van der Waals surface area contributed by atoms with Crippen LogP contribution in [0.25, 0.3) is 10.9 Å². The van der Waals surface area contributed by atoms with Crippen molar-refractivity contribution in [1.82, 2.24) is 9.97 Å². The lowest BCUT2D eigenvalue weighted by Crippen LogP contribution is -2.97. The third kappa shape index (κ3) is 6.38. The van der Waals surface area contributed by atoms with E-state index in [0.29, 0.717) is 12.3 Å². The Morgan fingerprint density at radius 3 is 2.71 bits per heavy atom. The van der Waals surface area contributed by atoms with Crippen LogP contribution in [0.5, 0.6) is 17.4 Å². The number of benzene rings is 2. The standard InChI is InChI=1S/C27H30N4O4/c1-27(2,31-16-19(32)17-34-24-7-3-6-23-21(24)12-14-29-23)15-18-8-10-20(11-9-18)35-26-22(25(28)33)5-4-13-30-26/h3-14,19,29,31-32H,15-17H2,1-2H3,(H2,28,33)/p+1/t19-/m0/s1. The molecule has 0 fully saturated rings. The molecule has 4 rings (SSSR count). The molecule has 4 aromatic rings. The van der Waals surface area contributed by atoms with E-state index in [-0.39, 0.29) is 23.6 Å². The number of ether oxygens (including phenoxy) is 2. The molecule has 0 radical (unpaired) electrons. The number of fused-ring (bicyclic) bond motifs is 1. The number of quaternary nitrogens is 1. The van der Waals surface area contributed by atoms with Gasteiger partial charge in [-0.25, -0.2) is 4.98 Å². The molecule has 2 aromatic heterocycles. The van der Waals surface area contributed by atoms with Gasteiger partial charge in [0.2, 0.25) is 5.88 Å². The van der Waals surface area contributed by atoms with Crippen molar-refractivity contribution >= 4 is 16.8 Å². The average Bonchev–Trinajstić information content (AvgIpc) is 3.32. The molecule has 0 saturated carbocycles. The molecule has 0 aliphatic rings. The Hall–Kier alpha value is -3.88. The van der Waals surface area contributed by atoms with Gasteiger partial charge in [0.1, 0.15) is 36.3 Å². The number of nitrogens with zero attached hydrogens (tertiary/aromatic N) is 1. The molecule has 0 saturated heterocycles. The third-order valence-corrected chi connectivity index (χ3v) is 5.76. The second-order valence-corrected chi connectivity index (χ2v) is 9.23. The number of pyridine rings is 1. The molecule has 35 heavy (non-hydrogen) atoms. The zero-order valence-electron chi connectivity index (χ0n) is 19.9. The van der Waals surface area contributed by atoms with Gasteiger partial charge in [-0.2, -0.15) is 0 Å². The maximum Gasteiger partial charge on any atom is 0.254 e. The van der Waals surface area contributed by atoms with Crippen molar-refractivity contribution in [2.75, 3.05) is 13.2 Å². The molecule has 0 aliphatic carbocycles. The lowest BCUT2D eigenvalue weighted by Gasteiger charge is -2.24. The first-order valence-electron chi connectivity index (χ1n) is 11.5. The summed E-state index contributed by atoms with van der Waals surface area (Å²) in [6.07, 6.45) is 3.62. The molecule has 0 unspecified atom stereocenters. The number of aromatic nitrogens is 2. The first-order chi connectivity index (χ1) is 16.8. The minimum absolute atomic E-state index is 0.135. The fourth-order valence-corrected chi connectivity index (χ4v) is 3.94. The van der Waals surface area contributed by atoms with Crippen molar-refractivity contribution in [1.29, 1.82) is 0 Å². The highest BCUT2D eigenvalue weighted by atomic mass is 16.5. The van der Waals surface area contributed by atoms with Crippen LogP contribution in [0.15, 0.2) is 73.1 Å². The highest BCUT2D eigenvalue weighted by Crippen LogP contribution is 2.25. The van der Waals surface area contributed by atoms with Crippen LogP contribution < -0.4 is 20.5 Å². The van der Waals surface area contributed by atoms with Gasteiger partial charge in [0.25, 0.3) is 5.91 Å². The zero-order valence-corrected chi connectivity index (χ0v) is 19.9. The Kier molecular flexibility index (Phi) is 7.33. The largest absolute Gasteiger partial charge is 0.490 e. The minimum atomic E-state index is -0.600. The number of nitrogens with one attached hydrogen (secondary N) is 1. The summed E-state index contributed by atoms with van der Waals surface area (Å²) in [5.41, 5.74) is 7.62. The van der Waals surface area contributed by atoms with E-state index in [0.717, 1.165) is 28.6 Å². The van der Waals surface area contributed by atoms with E-state index in [9.17, 15) is 9.90 Å². The number of carbonyl (C=O) groups is 1. The maximum absolute atomic E-state index is 11.6. The second kappa shape index (κ2) is 10.6. The van der Waals surface area contributed by atoms with Gasteiger partial charge in [-0.1, -0.05) is 18.2 Å². The fourth-order valence-electron chi connectivity index (χ4n) is 3.94. The molecule has 1 amide bonds. The van der Waals surface area contributed by atoms with E-state index >= 15 is 0 Å². The van der Waals surface area contributed by atoms with Gasteiger partial charge in [-0.15, -0.1) is 0 Å². The Labute approximate surface area is 204 Å². The molecule has 0 bridgehead atoms. The monoisotopic (exact) mass is 475 g/mol. The predicted molar refractivity (Wildman–Crippen MR) is 134 cm³/mol. The number of rotatable bonds is 11. The van der Waals surface area contributed by atoms with Gasteiger partial charge < -0.3 is 30.6 Å². The van der Waals surface area contributed by atoms with Gasteiger partial charge in [-0.05, 0) is 61.9 Å². The number of amides is 1. The number of hydrogen-bond acceptors (Lipinski definition) is 5. The first kappa shape index (κ1) is 24.3. The van der Waals surface area contributed by atoms with Crippen LogP contribution in [0, 0.1) is 0 Å². The molecule has 8 heteroatoms. The van der Waals surface area contributed by atoms with Gasteiger partial charge in [0.05, 0.1) is 5.54 Å². The predicted octanol–water partition coefficient (Wildman–Crippen LogP) is 2.78. The zero-order chi connectivity index (χ0) is 24.8. The quantitative estimate of drug-likeness (QED) is 0.265. The number of primary amides is 1. The summed E-state index contributed by atoms with van der Waals surface area (Å²) in [4.78, 5) is 18.8. The van der Waals surface area contributed by atoms with Crippen molar-refractivity contribution in [3.63, 3.8) is 0 Å². The van der Waals surface area contributed by atoms with Gasteiger partial charge >= 0.3 is 0 Å². The molecule has 6 N–H and O–H groups in total. The van der Waals surface area contributed by atoms with E-state index in [1.807, 2.05) is 54.7 Å². The Bertz CT molecular complexity index is 1280. The van der Waals surface area contributed by atoms with Crippen LogP contribution in [0.2, 0.25) is 0 Å². The topological polar surface area (TPSA) is 127 Å². The number of aliphatic hydroxyl groups is 1. The Morgan fingerprint density at radius 1 is 1.14 bits per heavy atom. The number of hydrogen-bond donors (Lipinski definition) is 4. The SMILES string of the molecule is CC(C)(Cc1ccc(Oc2ncccc2C(N)=O)cc1)[NH2+]C[C@H](O)COc1cccc2[nH]ccc12. The summed E-state index contributed by atoms with van der Waals surface area (Å²) in [5.74, 6) is 0.932. The van der Waals surface area contributed by atoms with Crippen LogP contribution in [0.4, 0.5) is 0 Å². The smallest absolute Gasteiger partial charge is 0.254 e. The molecule has 182 valence electrons. The molecule has 1 atom stereocenters. The van der Waals surface area contributed by atoms with Crippen molar-refractivity contribution < 1.29 is 24.7 Å². The van der Waals surface area contributed by atoms with Crippen molar-refractivity contribution in [3.05, 3.63) is 84.2 Å². The summed E-state index contributed by atoms with van der Waals surface area (Å²) in [7, 11) is 0. The van der Waals surface area contributed by atoms with E-state index in [4.69, 9.17) is 15.2 Å². The number of carbonyl (C=O) groups excluding carboxylic acids is 1. The first-order valence-corrected chi connectivity index (χ1v) is 11.5. The normalized spacial score (nSPS) is 12.4. The Balaban J connectivity index is 1.28. The van der Waals surface area contributed by atoms with Crippen molar-refractivity contribution in [2.45, 2.75) is 31.9 Å². The fraction of sp³-hybridized carbons (Fsp3) is 0.259. The van der Waals surface area contributed by atoms with E-state index < -0.39 is 12.0 Å². The number of nitrogens with two attached hydrogens (primary N) is 2. The summed E-state index contributed by atoms with van der Waals surface area (Å²) < 4.78 is 11.6. The molecular formula is C27H31N4O4+. The van der Waals surface area contributed by atoms with Crippen LogP contribution in [0.3, 0.4) is 0 Å². The van der Waals surface area contributed by atoms with Gasteiger partial charge in [0, 0.05) is 29.7 Å². The summed E-state index contributed by atoms with van der Waals surface area (Å²) in [5, 5.41) is 13.6. The highest BCUT2D eigenvalue weighted by molar-refractivity contribution is 5.95. The second-order valence-electron chi connectivity index (χ2n) is 9.23. The molecule has 0 spiro atoms. The molecular weight excluding hydrogens is 444 g/mol. The third-order valence-electron chi connectivity index (χ3n) is 5.76. The van der Waals surface area contributed by atoms with E-state index in [1.54, 1.807) is 18.3 Å². The summed E-state index contributed by atoms with van der Waals surface area (Å²) in [6, 6.07) is 18.7. The van der Waals surface area contributed by atoms with Crippen LogP contribution >= 0.6 is 0 Å². The molecule has 2 aromatic carbocycles. The number of aromatic amines is 1. The van der Waals surface area contributed by atoms with Crippen LogP contribution in [0.1, 0.15) is 29.8 Å². The summed E-state index contributed by atoms with van der Waals surface area (Å²) in [6.45, 7) is 5.02. The summed E-state index contributed by atoms with van der Waals surface area (Å²) >= 11 is 0. The molecule has 2 heterocycles. The average molecular weight is 476 g/mol. The van der Waals surface area contributed by atoms with Gasteiger partial charge in [-0.3, -0.25) is 4.79 Å². The van der Waals surface area contributed by atoms with E-state index in [1.165, 1.54) is 0 Å². The van der Waals surface area contributed by atoms with Crippen LogP contribution in [-0.4, -0.2) is 45.8 Å². The number of H-pyrrole nitrogens is 1. The molecule has 0 aliphatic heterocycles. The van der Waals surface area contributed by atoms with Crippen molar-refractivity contribution in [3.8, 4) is 17.4 Å². The van der Waals surface area contributed by atoms with Crippen LogP contribution in [-0.2, 0) is 6.42 Å². The van der Waals surface area contributed by atoms with E-state index in [2.05, 4.69) is 29.1 Å².